The van der Waals surface area contributed by atoms with Crippen LogP contribution in [0, 0.1) is 5.92 Å². The highest BCUT2D eigenvalue weighted by Crippen LogP contribution is 2.42. The summed E-state index contributed by atoms with van der Waals surface area (Å²) in [4.78, 5) is 15.6. The first-order chi connectivity index (χ1) is 21.9. The molecular formula is C39H53NO5. The number of hydrogen-bond acceptors (Lipinski definition) is 6. The van der Waals surface area contributed by atoms with Crippen LogP contribution < -0.4 is 0 Å². The van der Waals surface area contributed by atoms with Crippen LogP contribution in [0.2, 0.25) is 0 Å². The highest BCUT2D eigenvalue weighted by atomic mass is 16.5. The molecule has 4 rings (SSSR count). The van der Waals surface area contributed by atoms with Crippen LogP contribution in [0.25, 0.3) is 0 Å². The molecule has 0 aromatic heterocycles. The number of carbonyl (C=O) groups excluding carboxylic acids is 1. The number of piperidine rings is 1. The van der Waals surface area contributed by atoms with E-state index in [4.69, 9.17) is 4.74 Å². The Morgan fingerprint density at radius 2 is 1.44 bits per heavy atom. The van der Waals surface area contributed by atoms with Gasteiger partial charge in [0, 0.05) is 0 Å². The van der Waals surface area contributed by atoms with Gasteiger partial charge in [0.25, 0.3) is 0 Å². The second-order valence-corrected chi connectivity index (χ2v) is 12.7. The lowest BCUT2D eigenvalue weighted by Gasteiger charge is -2.42. The molecule has 2 unspecified atom stereocenters. The molecule has 2 atom stereocenters. The van der Waals surface area contributed by atoms with Crippen LogP contribution in [0.15, 0.2) is 84.9 Å². The number of aliphatic hydroxyl groups excluding tert-OH is 2. The van der Waals surface area contributed by atoms with E-state index in [0.717, 1.165) is 86.8 Å². The van der Waals surface area contributed by atoms with Gasteiger partial charge < -0.3 is 25.0 Å². The molecule has 0 radical (unpaired) electrons. The van der Waals surface area contributed by atoms with Gasteiger partial charge in [-0.05, 0) is 86.3 Å². The van der Waals surface area contributed by atoms with E-state index in [9.17, 15) is 20.1 Å². The molecule has 3 aromatic rings. The molecule has 0 saturated carbocycles. The lowest BCUT2D eigenvalue weighted by molar-refractivity contribution is -0.153. The van der Waals surface area contributed by atoms with Crippen molar-refractivity contribution in [1.82, 2.24) is 4.90 Å². The topological polar surface area (TPSA) is 90.2 Å². The Kier molecular flexibility index (Phi) is 13.2. The van der Waals surface area contributed by atoms with Crippen LogP contribution in [-0.4, -0.2) is 59.0 Å². The minimum Gasteiger partial charge on any atom is -0.465 e. The number of nitrogens with zero attached hydrogens (tertiary/aromatic N) is 1. The fraction of sp³-hybridized carbons (Fsp3) is 0.513. The number of esters is 1. The quantitative estimate of drug-likeness (QED) is 0.113. The molecule has 1 fully saturated rings. The van der Waals surface area contributed by atoms with Gasteiger partial charge in [0.15, 0.2) is 0 Å². The molecular weight excluding hydrogens is 562 g/mol. The number of aliphatic hydroxyl groups is 3. The minimum atomic E-state index is -1.08. The van der Waals surface area contributed by atoms with Crippen molar-refractivity contribution in [2.45, 2.75) is 88.8 Å². The maximum atomic E-state index is 13.1. The van der Waals surface area contributed by atoms with Crippen LogP contribution in [0.4, 0.5) is 0 Å². The lowest BCUT2D eigenvalue weighted by atomic mass is 9.72. The summed E-state index contributed by atoms with van der Waals surface area (Å²) in [6.07, 6.45) is 6.80. The van der Waals surface area contributed by atoms with Gasteiger partial charge in [-0.1, -0.05) is 118 Å². The fourth-order valence-corrected chi connectivity index (χ4v) is 6.98. The van der Waals surface area contributed by atoms with E-state index in [1.54, 1.807) is 0 Å². The van der Waals surface area contributed by atoms with Gasteiger partial charge in [-0.15, -0.1) is 0 Å². The van der Waals surface area contributed by atoms with E-state index in [1.807, 2.05) is 91.9 Å². The van der Waals surface area contributed by atoms with Crippen molar-refractivity contribution < 1.29 is 24.9 Å². The first-order valence-corrected chi connectivity index (χ1v) is 17.0. The number of ether oxygens (including phenoxy) is 1. The van der Waals surface area contributed by atoms with Crippen molar-refractivity contribution in [2.24, 2.45) is 5.92 Å². The first-order valence-electron chi connectivity index (χ1n) is 17.0. The Labute approximate surface area is 270 Å². The average Bonchev–Trinajstić information content (AvgIpc) is 3.09. The Bertz CT molecular complexity index is 1230. The van der Waals surface area contributed by atoms with E-state index < -0.39 is 17.1 Å². The first kappa shape index (κ1) is 34.8. The summed E-state index contributed by atoms with van der Waals surface area (Å²) >= 11 is 0. The van der Waals surface area contributed by atoms with Gasteiger partial charge >= 0.3 is 5.97 Å². The Balaban J connectivity index is 1.31. The standard InChI is InChI=1S/C39H53NO5/c1-3-5-12-29-45-37(43)38(30-41,25-4-2)32-21-19-31(20-22-32)36(42)18-13-26-40-27-23-35(24-28-40)39(44,33-14-8-6-9-15-33)34-16-10-7-11-17-34/h6-11,14-17,19-22,35-36,41-42,44H,3-5,12-13,18,23-30H2,1-2H3. The second kappa shape index (κ2) is 17.0. The molecule has 1 heterocycles. The molecule has 6 heteroatoms. The minimum absolute atomic E-state index is 0.120. The number of unbranched alkanes of at least 4 members (excludes halogenated alkanes) is 2. The molecule has 3 aromatic carbocycles. The van der Waals surface area contributed by atoms with Gasteiger partial charge in [0.2, 0.25) is 0 Å². The summed E-state index contributed by atoms with van der Waals surface area (Å²) < 4.78 is 5.60. The van der Waals surface area contributed by atoms with Gasteiger partial charge in [-0.3, -0.25) is 4.79 Å². The van der Waals surface area contributed by atoms with E-state index in [2.05, 4.69) is 11.8 Å². The number of likely N-dealkylation sites (tertiary alicyclic amines) is 1. The zero-order valence-electron chi connectivity index (χ0n) is 27.2. The van der Waals surface area contributed by atoms with E-state index in [-0.39, 0.29) is 18.5 Å². The number of hydrogen-bond donors (Lipinski definition) is 3. The van der Waals surface area contributed by atoms with Crippen LogP contribution in [0.3, 0.4) is 0 Å². The molecule has 6 nitrogen and oxygen atoms in total. The highest BCUT2D eigenvalue weighted by molar-refractivity contribution is 5.83. The highest BCUT2D eigenvalue weighted by Gasteiger charge is 2.42. The van der Waals surface area contributed by atoms with Crippen molar-refractivity contribution in [2.75, 3.05) is 32.8 Å². The van der Waals surface area contributed by atoms with Crippen LogP contribution in [-0.2, 0) is 20.5 Å². The third-order valence-electron chi connectivity index (χ3n) is 9.72. The van der Waals surface area contributed by atoms with E-state index in [1.165, 1.54) is 0 Å². The third-order valence-corrected chi connectivity index (χ3v) is 9.72. The van der Waals surface area contributed by atoms with E-state index >= 15 is 0 Å². The molecule has 3 N–H and O–H groups in total. The summed E-state index contributed by atoms with van der Waals surface area (Å²) in [5.41, 5.74) is 1.33. The monoisotopic (exact) mass is 615 g/mol. The molecule has 0 amide bonds. The predicted octanol–water partition coefficient (Wildman–Crippen LogP) is 6.91. The molecule has 0 spiro atoms. The van der Waals surface area contributed by atoms with Gasteiger partial charge in [0.1, 0.15) is 11.0 Å². The average molecular weight is 616 g/mol. The van der Waals surface area contributed by atoms with Crippen molar-refractivity contribution in [1.29, 1.82) is 0 Å². The van der Waals surface area contributed by atoms with Crippen molar-refractivity contribution in [3.63, 3.8) is 0 Å². The fourth-order valence-electron chi connectivity index (χ4n) is 6.98. The number of rotatable bonds is 17. The second-order valence-electron chi connectivity index (χ2n) is 12.7. The summed E-state index contributed by atoms with van der Waals surface area (Å²) in [5.74, 6) is -0.249. The van der Waals surface area contributed by atoms with Crippen molar-refractivity contribution in [3.05, 3.63) is 107 Å². The summed E-state index contributed by atoms with van der Waals surface area (Å²) in [7, 11) is 0. The van der Waals surface area contributed by atoms with Gasteiger partial charge in [-0.25, -0.2) is 0 Å². The van der Waals surface area contributed by atoms with Crippen LogP contribution in [0.5, 0.6) is 0 Å². The SMILES string of the molecule is CCCCCOC(=O)C(CO)(CCC)c1ccc(C(O)CCCN2CCC(C(O)(c3ccccc3)c3ccccc3)CC2)cc1. The number of benzene rings is 3. The third kappa shape index (κ3) is 8.42. The molecule has 244 valence electrons. The largest absolute Gasteiger partial charge is 0.465 e. The molecule has 0 aliphatic carbocycles. The smallest absolute Gasteiger partial charge is 0.318 e. The van der Waals surface area contributed by atoms with Crippen molar-refractivity contribution >= 4 is 5.97 Å². The summed E-state index contributed by atoms with van der Waals surface area (Å²) in [6, 6.07) is 27.6. The van der Waals surface area contributed by atoms with Crippen molar-refractivity contribution in [3.8, 4) is 0 Å². The van der Waals surface area contributed by atoms with E-state index in [0.29, 0.717) is 19.4 Å². The van der Waals surface area contributed by atoms with Gasteiger partial charge in [0.05, 0.1) is 19.3 Å². The molecule has 1 aliphatic heterocycles. The summed E-state index contributed by atoms with van der Waals surface area (Å²) in [6.45, 7) is 6.88. The maximum Gasteiger partial charge on any atom is 0.318 e. The van der Waals surface area contributed by atoms with Crippen LogP contribution in [0.1, 0.15) is 100.0 Å². The Morgan fingerprint density at radius 3 is 1.98 bits per heavy atom. The van der Waals surface area contributed by atoms with Crippen LogP contribution >= 0.6 is 0 Å². The molecule has 45 heavy (non-hydrogen) atoms. The molecule has 1 saturated heterocycles. The van der Waals surface area contributed by atoms with Gasteiger partial charge in [-0.2, -0.15) is 0 Å². The normalized spacial score (nSPS) is 16.6. The maximum absolute atomic E-state index is 13.1. The zero-order valence-corrected chi connectivity index (χ0v) is 27.2. The predicted molar refractivity (Wildman–Crippen MR) is 180 cm³/mol. The Hall–Kier alpha value is -3.03. The Morgan fingerprint density at radius 1 is 0.844 bits per heavy atom. The zero-order chi connectivity index (χ0) is 32.1. The molecule has 1 aliphatic rings. The number of carbonyl (C=O) groups is 1. The lowest BCUT2D eigenvalue weighted by Crippen LogP contribution is -2.44. The summed E-state index contributed by atoms with van der Waals surface area (Å²) in [5, 5.41) is 33.5. The molecule has 0 bridgehead atoms.